The van der Waals surface area contributed by atoms with Crippen molar-refractivity contribution in [3.05, 3.63) is 93.2 Å². The zero-order valence-electron chi connectivity index (χ0n) is 20.8. The topological polar surface area (TPSA) is 106 Å². The Hall–Kier alpha value is -3.95. The number of oxazole rings is 1. The Morgan fingerprint density at radius 2 is 1.70 bits per heavy atom. The zero-order chi connectivity index (χ0) is 27.1. The summed E-state index contributed by atoms with van der Waals surface area (Å²) in [6, 6.07) is 9.21. The van der Waals surface area contributed by atoms with Gasteiger partial charge in [-0.05, 0) is 69.2 Å². The lowest BCUT2D eigenvalue weighted by atomic mass is 9.93. The van der Waals surface area contributed by atoms with Crippen LogP contribution in [-0.2, 0) is 5.41 Å². The number of aryl methyl sites for hydroxylation is 2. The molecule has 0 bridgehead atoms. The maximum atomic E-state index is 14.8. The molecule has 0 radical (unpaired) electrons. The Morgan fingerprint density at radius 1 is 1.05 bits per heavy atom. The average Bonchev–Trinajstić information content (AvgIpc) is 3.30. The molecular formula is C28H26F2N2O5. The molecule has 0 aliphatic heterocycles. The summed E-state index contributed by atoms with van der Waals surface area (Å²) in [5, 5.41) is 19.7. The summed E-state index contributed by atoms with van der Waals surface area (Å²) in [5.41, 5.74) is 1.29. The number of rotatable bonds is 7. The molecule has 2 aromatic heterocycles. The first kappa shape index (κ1) is 26.1. The van der Waals surface area contributed by atoms with Crippen LogP contribution in [0.1, 0.15) is 41.2 Å². The number of hydrogen-bond acceptors (Lipinski definition) is 6. The Balaban J connectivity index is 1.98. The number of pyridine rings is 1. The van der Waals surface area contributed by atoms with Crippen LogP contribution in [0.15, 0.2) is 57.9 Å². The third-order valence-electron chi connectivity index (χ3n) is 6.34. The van der Waals surface area contributed by atoms with Crippen molar-refractivity contribution in [2.75, 3.05) is 13.2 Å². The van der Waals surface area contributed by atoms with Gasteiger partial charge in [-0.1, -0.05) is 0 Å². The van der Waals surface area contributed by atoms with Gasteiger partial charge in [-0.2, -0.15) is 0 Å². The molecule has 0 saturated heterocycles. The lowest BCUT2D eigenvalue weighted by Gasteiger charge is -2.19. The second kappa shape index (κ2) is 9.84. The van der Waals surface area contributed by atoms with Gasteiger partial charge >= 0.3 is 0 Å². The number of halogens is 2. The zero-order valence-corrected chi connectivity index (χ0v) is 20.8. The third-order valence-corrected chi connectivity index (χ3v) is 6.34. The smallest absolute Gasteiger partial charge is 0.255 e. The summed E-state index contributed by atoms with van der Waals surface area (Å²) in [5.74, 6) is -1.87. The lowest BCUT2D eigenvalue weighted by molar-refractivity contribution is 0.101. The molecule has 0 fully saturated rings. The number of Topliss-reactive ketones (excluding diaryl/α,β-unsaturated/α-hetero) is 1. The van der Waals surface area contributed by atoms with E-state index in [1.165, 1.54) is 42.8 Å². The fourth-order valence-electron chi connectivity index (χ4n) is 4.16. The fraction of sp³-hybridized carbons (Fsp3) is 0.250. The SMILES string of the molecule is CC(=O)c1cc(C)c(-n2cc(-c3nc(C(C)(CO)CO)oc3-c3ccc(F)cc3F)ccc2=O)c(C)c1. The second-order valence-corrected chi connectivity index (χ2v) is 9.34. The predicted octanol–water partition coefficient (Wildman–Crippen LogP) is 4.50. The van der Waals surface area contributed by atoms with E-state index in [1.54, 1.807) is 26.0 Å². The molecule has 4 aromatic rings. The van der Waals surface area contributed by atoms with Crippen molar-refractivity contribution in [3.8, 4) is 28.3 Å². The van der Waals surface area contributed by atoms with Crippen LogP contribution in [-0.4, -0.2) is 38.8 Å². The first-order valence-corrected chi connectivity index (χ1v) is 11.5. The van der Waals surface area contributed by atoms with Crippen LogP contribution in [0.25, 0.3) is 28.3 Å². The van der Waals surface area contributed by atoms with Gasteiger partial charge in [0.25, 0.3) is 5.56 Å². The summed E-state index contributed by atoms with van der Waals surface area (Å²) in [6.45, 7) is 5.55. The van der Waals surface area contributed by atoms with Gasteiger partial charge in [-0.15, -0.1) is 0 Å². The van der Waals surface area contributed by atoms with E-state index < -0.39 is 30.3 Å². The molecule has 7 nitrogen and oxygen atoms in total. The number of carbonyl (C=O) groups is 1. The maximum absolute atomic E-state index is 14.8. The van der Waals surface area contributed by atoms with Crippen LogP contribution >= 0.6 is 0 Å². The van der Waals surface area contributed by atoms with Crippen molar-refractivity contribution in [2.45, 2.75) is 33.1 Å². The monoisotopic (exact) mass is 508 g/mol. The Labute approximate surface area is 211 Å². The molecule has 2 N–H and O–H groups in total. The first-order chi connectivity index (χ1) is 17.5. The van der Waals surface area contributed by atoms with Crippen molar-refractivity contribution in [1.29, 1.82) is 0 Å². The van der Waals surface area contributed by atoms with Crippen LogP contribution in [0.4, 0.5) is 8.78 Å². The minimum absolute atomic E-state index is 0.0498. The summed E-state index contributed by atoms with van der Waals surface area (Å²) >= 11 is 0. The summed E-state index contributed by atoms with van der Waals surface area (Å²) < 4.78 is 35.7. The highest BCUT2D eigenvalue weighted by molar-refractivity contribution is 5.94. The third kappa shape index (κ3) is 4.75. The molecule has 0 aliphatic rings. The van der Waals surface area contributed by atoms with Gasteiger partial charge in [0, 0.05) is 29.5 Å². The summed E-state index contributed by atoms with van der Waals surface area (Å²) in [4.78, 5) is 29.3. The quantitative estimate of drug-likeness (QED) is 0.356. The minimum atomic E-state index is -1.28. The molecule has 0 saturated carbocycles. The van der Waals surface area contributed by atoms with Crippen molar-refractivity contribution in [2.24, 2.45) is 0 Å². The number of aliphatic hydroxyl groups excluding tert-OH is 2. The lowest BCUT2D eigenvalue weighted by Crippen LogP contribution is -2.31. The number of hydrogen-bond donors (Lipinski definition) is 2. The number of aromatic nitrogens is 2. The molecule has 0 amide bonds. The van der Waals surface area contributed by atoms with Crippen LogP contribution in [0.3, 0.4) is 0 Å². The van der Waals surface area contributed by atoms with Crippen molar-refractivity contribution >= 4 is 5.78 Å². The van der Waals surface area contributed by atoms with E-state index in [4.69, 9.17) is 4.42 Å². The Kier molecular flexibility index (Phi) is 6.94. The van der Waals surface area contributed by atoms with Crippen LogP contribution in [0.5, 0.6) is 0 Å². The highest BCUT2D eigenvalue weighted by Gasteiger charge is 2.33. The highest BCUT2D eigenvalue weighted by Crippen LogP contribution is 2.37. The summed E-state index contributed by atoms with van der Waals surface area (Å²) in [7, 11) is 0. The number of nitrogens with zero attached hydrogens (tertiary/aromatic N) is 2. The van der Waals surface area contributed by atoms with E-state index in [1.807, 2.05) is 0 Å². The molecule has 0 unspecified atom stereocenters. The van der Waals surface area contributed by atoms with Crippen molar-refractivity contribution < 1.29 is 28.2 Å². The average molecular weight is 509 g/mol. The maximum Gasteiger partial charge on any atom is 0.255 e. The first-order valence-electron chi connectivity index (χ1n) is 11.5. The van der Waals surface area contributed by atoms with E-state index in [0.29, 0.717) is 34.0 Å². The van der Waals surface area contributed by atoms with E-state index in [9.17, 15) is 28.6 Å². The molecule has 9 heteroatoms. The molecule has 4 rings (SSSR count). The Morgan fingerprint density at radius 3 is 2.27 bits per heavy atom. The van der Waals surface area contributed by atoms with E-state index >= 15 is 0 Å². The Bertz CT molecular complexity index is 1540. The van der Waals surface area contributed by atoms with E-state index in [0.717, 1.165) is 6.07 Å². The largest absolute Gasteiger partial charge is 0.439 e. The van der Waals surface area contributed by atoms with Crippen molar-refractivity contribution in [1.82, 2.24) is 9.55 Å². The van der Waals surface area contributed by atoms with Crippen LogP contribution < -0.4 is 5.56 Å². The molecule has 37 heavy (non-hydrogen) atoms. The van der Waals surface area contributed by atoms with Crippen LogP contribution in [0.2, 0.25) is 0 Å². The van der Waals surface area contributed by atoms with Gasteiger partial charge in [0.05, 0.1) is 29.9 Å². The van der Waals surface area contributed by atoms with Gasteiger partial charge < -0.3 is 14.6 Å². The molecule has 2 heterocycles. The van der Waals surface area contributed by atoms with Crippen LogP contribution in [0, 0.1) is 25.5 Å². The fourth-order valence-corrected chi connectivity index (χ4v) is 4.16. The minimum Gasteiger partial charge on any atom is -0.439 e. The molecular weight excluding hydrogens is 482 g/mol. The normalized spacial score (nSPS) is 11.7. The second-order valence-electron chi connectivity index (χ2n) is 9.34. The number of carbonyl (C=O) groups excluding carboxylic acids is 1. The molecule has 192 valence electrons. The molecule has 0 atom stereocenters. The van der Waals surface area contributed by atoms with E-state index in [-0.39, 0.29) is 34.3 Å². The number of ketones is 1. The number of benzene rings is 2. The molecule has 2 aromatic carbocycles. The van der Waals surface area contributed by atoms with Gasteiger partial charge in [0.1, 0.15) is 17.3 Å². The van der Waals surface area contributed by atoms with Gasteiger partial charge in [0.2, 0.25) is 5.89 Å². The van der Waals surface area contributed by atoms with Crippen molar-refractivity contribution in [3.63, 3.8) is 0 Å². The van der Waals surface area contributed by atoms with Gasteiger partial charge in [-0.3, -0.25) is 14.2 Å². The van der Waals surface area contributed by atoms with Gasteiger partial charge in [0.15, 0.2) is 11.5 Å². The standard InChI is InChI=1S/C28H26F2N2O5/c1-15-9-19(17(3)35)10-16(2)25(15)32-12-18(5-8-23(32)36)24-26(21-7-6-20(29)11-22(21)30)37-27(31-24)28(4,13-33)14-34/h5-12,33-34H,13-14H2,1-4H3. The number of aliphatic hydroxyl groups is 2. The van der Waals surface area contributed by atoms with Gasteiger partial charge in [-0.25, -0.2) is 13.8 Å². The molecule has 0 aliphatic carbocycles. The highest BCUT2D eigenvalue weighted by atomic mass is 19.1. The van der Waals surface area contributed by atoms with E-state index in [2.05, 4.69) is 4.98 Å². The summed E-state index contributed by atoms with van der Waals surface area (Å²) in [6.07, 6.45) is 1.52. The molecule has 0 spiro atoms. The predicted molar refractivity (Wildman–Crippen MR) is 134 cm³/mol.